The Hall–Kier alpha value is -0.770. The quantitative estimate of drug-likeness (QED) is 0.445. The third-order valence-corrected chi connectivity index (χ3v) is 2.77. The number of allylic oxidation sites excluding steroid dienone is 2. The number of hydrogen-bond acceptors (Lipinski definition) is 4. The predicted molar refractivity (Wildman–Crippen MR) is 67.9 cm³/mol. The molecule has 4 heteroatoms. The molecule has 1 unspecified atom stereocenters. The lowest BCUT2D eigenvalue weighted by molar-refractivity contribution is 0.372. The van der Waals surface area contributed by atoms with Crippen LogP contribution in [0.4, 0.5) is 0 Å². The van der Waals surface area contributed by atoms with Crippen LogP contribution in [0.5, 0.6) is 0 Å². The van der Waals surface area contributed by atoms with E-state index in [9.17, 15) is 0 Å². The van der Waals surface area contributed by atoms with Crippen LogP contribution in [0.2, 0.25) is 0 Å². The first-order chi connectivity index (χ1) is 7.77. The smallest absolute Gasteiger partial charge is 0.273 e. The largest absolute Gasteiger partial charge is 0.416 e. The van der Waals surface area contributed by atoms with Gasteiger partial charge in [0.05, 0.1) is 0 Å². The van der Waals surface area contributed by atoms with Crippen LogP contribution < -0.4 is 0 Å². The van der Waals surface area contributed by atoms with E-state index < -0.39 is 0 Å². The molecule has 1 aromatic heterocycles. The molecule has 0 aliphatic carbocycles. The molecule has 1 atom stereocenters. The maximum atomic E-state index is 5.38. The average molecular weight is 240 g/mol. The van der Waals surface area contributed by atoms with Gasteiger partial charge in [0.2, 0.25) is 5.89 Å². The van der Waals surface area contributed by atoms with Crippen LogP contribution in [0, 0.1) is 0 Å². The highest BCUT2D eigenvalue weighted by Gasteiger charge is 2.16. The van der Waals surface area contributed by atoms with E-state index in [2.05, 4.69) is 41.9 Å². The van der Waals surface area contributed by atoms with E-state index in [0.717, 1.165) is 18.7 Å². The maximum absolute atomic E-state index is 5.38. The van der Waals surface area contributed by atoms with Crippen molar-refractivity contribution in [3.8, 4) is 0 Å². The van der Waals surface area contributed by atoms with Crippen LogP contribution in [0.1, 0.15) is 57.8 Å². The minimum Gasteiger partial charge on any atom is -0.416 e. The molecule has 0 saturated carbocycles. The van der Waals surface area contributed by atoms with Gasteiger partial charge in [-0.2, -0.15) is 0 Å². The predicted octanol–water partition coefficient (Wildman–Crippen LogP) is 3.99. The normalized spacial score (nSPS) is 13.4. The van der Waals surface area contributed by atoms with Crippen LogP contribution in [0.3, 0.4) is 0 Å². The Kier molecular flexibility index (Phi) is 6.23. The van der Waals surface area contributed by atoms with E-state index in [-0.39, 0.29) is 0 Å². The van der Waals surface area contributed by atoms with Gasteiger partial charge < -0.3 is 4.42 Å². The molecular weight excluding hydrogens is 220 g/mol. The molecule has 0 aromatic carbocycles. The first-order valence-corrected chi connectivity index (χ1v) is 6.36. The van der Waals surface area contributed by atoms with E-state index in [1.165, 1.54) is 19.3 Å². The Bertz CT molecular complexity index is 323. The summed E-state index contributed by atoms with van der Waals surface area (Å²) in [7, 11) is 0. The third-order valence-electron chi connectivity index (χ3n) is 2.59. The van der Waals surface area contributed by atoms with Crippen LogP contribution in [0.15, 0.2) is 21.8 Å². The number of thiol groups is 1. The van der Waals surface area contributed by atoms with Gasteiger partial charge in [-0.05, 0) is 19.8 Å². The monoisotopic (exact) mass is 240 g/mol. The summed E-state index contributed by atoms with van der Waals surface area (Å²) in [6, 6.07) is 0. The third kappa shape index (κ3) is 4.39. The molecule has 0 saturated heterocycles. The second kappa shape index (κ2) is 7.49. The van der Waals surface area contributed by atoms with E-state index in [0.29, 0.717) is 11.1 Å². The fourth-order valence-corrected chi connectivity index (χ4v) is 1.81. The molecule has 0 N–H and O–H groups in total. The Morgan fingerprint density at radius 3 is 2.75 bits per heavy atom. The molecule has 1 aromatic rings. The topological polar surface area (TPSA) is 38.9 Å². The molecule has 0 spiro atoms. The lowest BCUT2D eigenvalue weighted by Gasteiger charge is -2.09. The molecule has 0 bridgehead atoms. The first-order valence-electron chi connectivity index (χ1n) is 5.91. The zero-order valence-corrected chi connectivity index (χ0v) is 10.9. The van der Waals surface area contributed by atoms with E-state index in [1.54, 1.807) is 0 Å². The molecule has 1 heterocycles. The molecule has 0 aliphatic rings. The van der Waals surface area contributed by atoms with Gasteiger partial charge in [0.1, 0.15) is 0 Å². The number of rotatable bonds is 7. The van der Waals surface area contributed by atoms with E-state index >= 15 is 0 Å². The standard InChI is InChI=1S/C12H20N2OS/c1-3-5-7-9-10(8-6-4-2)11-13-14-12(16)15-11/h4,6,10H,3,5,7-9H2,1-2H3,(H,14,16). The van der Waals surface area contributed by atoms with Crippen LogP contribution in [0.25, 0.3) is 0 Å². The van der Waals surface area contributed by atoms with Crippen molar-refractivity contribution in [1.29, 1.82) is 0 Å². The second-order valence-electron chi connectivity index (χ2n) is 3.92. The molecule has 0 aliphatic heterocycles. The van der Waals surface area contributed by atoms with Gasteiger partial charge in [-0.25, -0.2) is 0 Å². The summed E-state index contributed by atoms with van der Waals surface area (Å²) in [5.74, 6) is 1.07. The number of nitrogens with zero attached hydrogens (tertiary/aromatic N) is 2. The Morgan fingerprint density at radius 2 is 2.19 bits per heavy atom. The molecule has 3 nitrogen and oxygen atoms in total. The van der Waals surface area contributed by atoms with Crippen molar-refractivity contribution in [1.82, 2.24) is 10.2 Å². The lowest BCUT2D eigenvalue weighted by Crippen LogP contribution is -1.98. The first kappa shape index (κ1) is 13.3. The summed E-state index contributed by atoms with van der Waals surface area (Å²) < 4.78 is 5.38. The van der Waals surface area contributed by atoms with Crippen LogP contribution in [-0.2, 0) is 0 Å². The molecule has 0 radical (unpaired) electrons. The fraction of sp³-hybridized carbons (Fsp3) is 0.667. The van der Waals surface area contributed by atoms with E-state index in [4.69, 9.17) is 4.42 Å². The molecular formula is C12H20N2OS. The number of unbranched alkanes of at least 4 members (excludes halogenated alkanes) is 2. The van der Waals surface area contributed by atoms with Gasteiger partial charge in [0, 0.05) is 5.92 Å². The summed E-state index contributed by atoms with van der Waals surface area (Å²) in [6.07, 6.45) is 9.99. The van der Waals surface area contributed by atoms with Crippen molar-refractivity contribution in [2.45, 2.75) is 57.1 Å². The summed E-state index contributed by atoms with van der Waals surface area (Å²) in [5.41, 5.74) is 0. The molecule has 0 fully saturated rings. The second-order valence-corrected chi connectivity index (χ2v) is 4.30. The summed E-state index contributed by atoms with van der Waals surface area (Å²) in [5, 5.41) is 8.18. The van der Waals surface area contributed by atoms with Crippen molar-refractivity contribution in [3.63, 3.8) is 0 Å². The highest BCUT2D eigenvalue weighted by molar-refractivity contribution is 7.80. The van der Waals surface area contributed by atoms with Gasteiger partial charge in [-0.15, -0.1) is 10.2 Å². The van der Waals surface area contributed by atoms with Crippen LogP contribution in [-0.4, -0.2) is 10.2 Å². The van der Waals surface area contributed by atoms with E-state index in [1.807, 2.05) is 6.92 Å². The minimum atomic E-state index is 0.344. The molecule has 1 rings (SSSR count). The minimum absolute atomic E-state index is 0.344. The zero-order chi connectivity index (χ0) is 11.8. The van der Waals surface area contributed by atoms with Crippen LogP contribution >= 0.6 is 12.6 Å². The lowest BCUT2D eigenvalue weighted by atomic mass is 9.97. The maximum Gasteiger partial charge on any atom is 0.273 e. The molecule has 16 heavy (non-hydrogen) atoms. The Morgan fingerprint density at radius 1 is 1.38 bits per heavy atom. The summed E-state index contributed by atoms with van der Waals surface area (Å²) >= 11 is 4.04. The summed E-state index contributed by atoms with van der Waals surface area (Å²) in [6.45, 7) is 4.24. The van der Waals surface area contributed by atoms with Crippen molar-refractivity contribution >= 4 is 12.6 Å². The summed E-state index contributed by atoms with van der Waals surface area (Å²) in [4.78, 5) is 0. The SMILES string of the molecule is CC=CCC(CCCCC)c1nnc(S)o1. The van der Waals surface area contributed by atoms with Gasteiger partial charge in [0.25, 0.3) is 5.22 Å². The number of hydrogen-bond donors (Lipinski definition) is 1. The fourth-order valence-electron chi connectivity index (χ4n) is 1.67. The zero-order valence-electron chi connectivity index (χ0n) is 10.0. The Balaban J connectivity index is 2.55. The van der Waals surface area contributed by atoms with Gasteiger partial charge in [-0.1, -0.05) is 51.0 Å². The molecule has 0 amide bonds. The highest BCUT2D eigenvalue weighted by atomic mass is 32.1. The van der Waals surface area contributed by atoms with Gasteiger partial charge in [0.15, 0.2) is 0 Å². The van der Waals surface area contributed by atoms with Gasteiger partial charge >= 0.3 is 0 Å². The number of aromatic nitrogens is 2. The van der Waals surface area contributed by atoms with Crippen molar-refractivity contribution < 1.29 is 4.42 Å². The highest BCUT2D eigenvalue weighted by Crippen LogP contribution is 2.26. The van der Waals surface area contributed by atoms with Crippen molar-refractivity contribution in [3.05, 3.63) is 18.0 Å². The van der Waals surface area contributed by atoms with Gasteiger partial charge in [-0.3, -0.25) is 0 Å². The molecule has 90 valence electrons. The van der Waals surface area contributed by atoms with Crippen molar-refractivity contribution in [2.24, 2.45) is 0 Å². The average Bonchev–Trinajstić information content (AvgIpc) is 2.70. The Labute approximate surface area is 103 Å². The van der Waals surface area contributed by atoms with Crippen molar-refractivity contribution in [2.75, 3.05) is 0 Å².